The molecule has 1 aromatic carbocycles. The number of aryl methyl sites for hydroxylation is 1. The monoisotopic (exact) mass is 391 g/mol. The second-order valence-electron chi connectivity index (χ2n) is 8.18. The normalized spacial score (nSPS) is 20.2. The molecular formula is C21H25N7O. The zero-order valence-corrected chi connectivity index (χ0v) is 16.7. The topological polar surface area (TPSA) is 113 Å². The van der Waals surface area contributed by atoms with Crippen LogP contribution >= 0.6 is 0 Å². The maximum absolute atomic E-state index is 12.0. The lowest BCUT2D eigenvalue weighted by Crippen LogP contribution is -2.44. The van der Waals surface area contributed by atoms with Crippen LogP contribution in [0.3, 0.4) is 0 Å². The Morgan fingerprint density at radius 3 is 2.76 bits per heavy atom. The molecule has 0 bridgehead atoms. The molecule has 1 saturated heterocycles. The number of H-pyrrole nitrogens is 1. The molecular weight excluding hydrogens is 366 g/mol. The van der Waals surface area contributed by atoms with E-state index < -0.39 is 0 Å². The van der Waals surface area contributed by atoms with Crippen molar-refractivity contribution in [3.8, 4) is 0 Å². The Kier molecular flexibility index (Phi) is 4.06. The summed E-state index contributed by atoms with van der Waals surface area (Å²) in [6, 6.07) is 8.66. The van der Waals surface area contributed by atoms with Gasteiger partial charge in [0.25, 0.3) is 5.91 Å². The SMILES string of the molecule is CNC(=O)c1n[nH]c2nc(N3CCC4(CC3)Cc3ccccc3[C@H]4N)c(C)nc12. The first kappa shape index (κ1) is 18.1. The van der Waals surface area contributed by atoms with Crippen LogP contribution in [0.15, 0.2) is 24.3 Å². The number of aromatic amines is 1. The molecule has 5 rings (SSSR count). The fourth-order valence-corrected chi connectivity index (χ4v) is 4.96. The fraction of sp³-hybridized carbons (Fsp3) is 0.429. The molecule has 1 spiro atoms. The van der Waals surface area contributed by atoms with Gasteiger partial charge in [0.2, 0.25) is 0 Å². The predicted octanol–water partition coefficient (Wildman–Crippen LogP) is 1.86. The first-order valence-electron chi connectivity index (χ1n) is 10.1. The standard InChI is InChI=1S/C21H25N7O/c1-12-19(25-18-15(24-12)16(26-27-18)20(29)23-2)28-9-7-21(8-10-28)11-13-5-3-4-6-14(13)17(21)22/h3-6,17H,7-11,22H2,1-2H3,(H,23,29)(H,25,26,27)/t17-/m1/s1. The Morgan fingerprint density at radius 2 is 2.03 bits per heavy atom. The summed E-state index contributed by atoms with van der Waals surface area (Å²) in [5.74, 6) is 0.580. The number of anilines is 1. The zero-order chi connectivity index (χ0) is 20.2. The Balaban J connectivity index is 1.40. The molecule has 3 aromatic rings. The minimum atomic E-state index is -0.271. The average molecular weight is 391 g/mol. The maximum Gasteiger partial charge on any atom is 0.273 e. The molecule has 1 fully saturated rings. The Hall–Kier alpha value is -3.00. The van der Waals surface area contributed by atoms with Gasteiger partial charge in [-0.3, -0.25) is 9.89 Å². The van der Waals surface area contributed by atoms with Crippen molar-refractivity contribution in [3.63, 3.8) is 0 Å². The molecule has 1 aliphatic heterocycles. The van der Waals surface area contributed by atoms with E-state index >= 15 is 0 Å². The summed E-state index contributed by atoms with van der Waals surface area (Å²) in [4.78, 5) is 23.6. The van der Waals surface area contributed by atoms with Crippen molar-refractivity contribution in [1.82, 2.24) is 25.5 Å². The summed E-state index contributed by atoms with van der Waals surface area (Å²) in [6.45, 7) is 3.71. The molecule has 0 unspecified atom stereocenters. The van der Waals surface area contributed by atoms with Crippen LogP contribution in [0, 0.1) is 12.3 Å². The van der Waals surface area contributed by atoms with E-state index in [1.54, 1.807) is 7.05 Å². The van der Waals surface area contributed by atoms with Gasteiger partial charge in [-0.15, -0.1) is 0 Å². The number of carbonyl (C=O) groups is 1. The number of benzene rings is 1. The van der Waals surface area contributed by atoms with E-state index in [1.165, 1.54) is 11.1 Å². The second kappa shape index (κ2) is 6.52. The first-order valence-corrected chi connectivity index (χ1v) is 10.1. The quantitative estimate of drug-likeness (QED) is 0.615. The number of nitrogens with two attached hydrogens (primary N) is 1. The van der Waals surface area contributed by atoms with Crippen molar-refractivity contribution in [2.75, 3.05) is 25.0 Å². The molecule has 8 heteroatoms. The number of piperidine rings is 1. The molecule has 4 N–H and O–H groups in total. The lowest BCUT2D eigenvalue weighted by Gasteiger charge is -2.42. The Bertz CT molecular complexity index is 1100. The molecule has 1 atom stereocenters. The number of amides is 1. The van der Waals surface area contributed by atoms with Crippen molar-refractivity contribution < 1.29 is 4.79 Å². The largest absolute Gasteiger partial charge is 0.355 e. The van der Waals surface area contributed by atoms with E-state index in [2.05, 4.69) is 49.7 Å². The number of hydrogen-bond acceptors (Lipinski definition) is 6. The summed E-state index contributed by atoms with van der Waals surface area (Å²) in [7, 11) is 1.58. The van der Waals surface area contributed by atoms with Gasteiger partial charge in [0.15, 0.2) is 17.2 Å². The van der Waals surface area contributed by atoms with Crippen LogP contribution in [0.4, 0.5) is 5.82 Å². The molecule has 150 valence electrons. The molecule has 1 aliphatic carbocycles. The van der Waals surface area contributed by atoms with E-state index in [1.807, 2.05) is 6.92 Å². The van der Waals surface area contributed by atoms with E-state index in [0.717, 1.165) is 43.9 Å². The summed E-state index contributed by atoms with van der Waals surface area (Å²) in [5, 5.41) is 9.52. The van der Waals surface area contributed by atoms with E-state index in [0.29, 0.717) is 11.2 Å². The molecule has 2 aromatic heterocycles. The summed E-state index contributed by atoms with van der Waals surface area (Å²) in [5.41, 5.74) is 11.6. The molecule has 2 aliphatic rings. The van der Waals surface area contributed by atoms with Gasteiger partial charge in [0, 0.05) is 26.2 Å². The predicted molar refractivity (Wildman–Crippen MR) is 111 cm³/mol. The molecule has 8 nitrogen and oxygen atoms in total. The van der Waals surface area contributed by atoms with Crippen molar-refractivity contribution in [2.24, 2.45) is 11.1 Å². The third kappa shape index (κ3) is 2.70. The van der Waals surface area contributed by atoms with Crippen molar-refractivity contribution in [1.29, 1.82) is 0 Å². The van der Waals surface area contributed by atoms with E-state index in [-0.39, 0.29) is 23.1 Å². The third-order valence-electron chi connectivity index (χ3n) is 6.64. The van der Waals surface area contributed by atoms with Gasteiger partial charge in [-0.25, -0.2) is 9.97 Å². The van der Waals surface area contributed by atoms with E-state index in [4.69, 9.17) is 10.7 Å². The van der Waals surface area contributed by atoms with Crippen LogP contribution in [0.1, 0.15) is 46.2 Å². The highest BCUT2D eigenvalue weighted by Crippen LogP contribution is 2.51. The van der Waals surface area contributed by atoms with Crippen LogP contribution in [-0.2, 0) is 6.42 Å². The number of nitrogens with zero attached hydrogens (tertiary/aromatic N) is 4. The molecule has 29 heavy (non-hydrogen) atoms. The zero-order valence-electron chi connectivity index (χ0n) is 16.7. The Labute approximate surface area is 168 Å². The highest BCUT2D eigenvalue weighted by molar-refractivity contribution is 6.02. The van der Waals surface area contributed by atoms with Crippen LogP contribution < -0.4 is 16.0 Å². The van der Waals surface area contributed by atoms with Gasteiger partial charge < -0.3 is 16.0 Å². The van der Waals surface area contributed by atoms with Crippen molar-refractivity contribution in [3.05, 3.63) is 46.8 Å². The second-order valence-corrected chi connectivity index (χ2v) is 8.18. The average Bonchev–Trinajstić information content (AvgIpc) is 3.27. The van der Waals surface area contributed by atoms with Gasteiger partial charge >= 0.3 is 0 Å². The Morgan fingerprint density at radius 1 is 1.28 bits per heavy atom. The minimum absolute atomic E-state index is 0.0956. The highest BCUT2D eigenvalue weighted by Gasteiger charge is 2.46. The van der Waals surface area contributed by atoms with Gasteiger partial charge in [-0.2, -0.15) is 5.10 Å². The fourth-order valence-electron chi connectivity index (χ4n) is 4.96. The third-order valence-corrected chi connectivity index (χ3v) is 6.64. The lowest BCUT2D eigenvalue weighted by molar-refractivity contribution is 0.0959. The van der Waals surface area contributed by atoms with E-state index in [9.17, 15) is 4.79 Å². The van der Waals surface area contributed by atoms with Gasteiger partial charge in [-0.05, 0) is 42.7 Å². The summed E-state index contributed by atoms with van der Waals surface area (Å²) < 4.78 is 0. The number of fused-ring (bicyclic) bond motifs is 2. The molecule has 3 heterocycles. The number of aromatic nitrogens is 4. The number of carbonyl (C=O) groups excluding carboxylic acids is 1. The first-order chi connectivity index (χ1) is 14.0. The van der Waals surface area contributed by atoms with Crippen molar-refractivity contribution in [2.45, 2.75) is 32.2 Å². The molecule has 0 radical (unpaired) electrons. The highest BCUT2D eigenvalue weighted by atomic mass is 16.1. The number of rotatable bonds is 2. The van der Waals surface area contributed by atoms with Crippen LogP contribution in [0.2, 0.25) is 0 Å². The van der Waals surface area contributed by atoms with Crippen LogP contribution in [0.25, 0.3) is 11.2 Å². The number of hydrogen-bond donors (Lipinski definition) is 3. The molecule has 0 saturated carbocycles. The smallest absolute Gasteiger partial charge is 0.273 e. The number of nitrogens with one attached hydrogen (secondary N) is 2. The minimum Gasteiger partial charge on any atom is -0.355 e. The van der Waals surface area contributed by atoms with Crippen LogP contribution in [-0.4, -0.2) is 46.2 Å². The van der Waals surface area contributed by atoms with Gasteiger partial charge in [-0.1, -0.05) is 24.3 Å². The lowest BCUT2D eigenvalue weighted by atomic mass is 9.73. The molecule has 1 amide bonds. The summed E-state index contributed by atoms with van der Waals surface area (Å²) in [6.07, 6.45) is 3.10. The summed E-state index contributed by atoms with van der Waals surface area (Å²) >= 11 is 0. The van der Waals surface area contributed by atoms with Gasteiger partial charge in [0.05, 0.1) is 5.69 Å². The maximum atomic E-state index is 12.0. The van der Waals surface area contributed by atoms with Crippen LogP contribution in [0.5, 0.6) is 0 Å². The van der Waals surface area contributed by atoms with Crippen molar-refractivity contribution >= 4 is 22.9 Å². The van der Waals surface area contributed by atoms with Gasteiger partial charge in [0.1, 0.15) is 5.52 Å².